The summed E-state index contributed by atoms with van der Waals surface area (Å²) in [4.78, 5) is 17.1. The van der Waals surface area contributed by atoms with Gasteiger partial charge in [0, 0.05) is 22.5 Å². The van der Waals surface area contributed by atoms with E-state index in [0.29, 0.717) is 33.6 Å². The molecule has 0 aliphatic rings. The van der Waals surface area contributed by atoms with Crippen LogP contribution in [0.1, 0.15) is 44.2 Å². The molecule has 0 fully saturated rings. The molecule has 1 unspecified atom stereocenters. The topological polar surface area (TPSA) is 81.9 Å². The van der Waals surface area contributed by atoms with E-state index < -0.39 is 0 Å². The molecule has 4 aromatic rings. The molecule has 2 heterocycles. The third kappa shape index (κ3) is 7.00. The van der Waals surface area contributed by atoms with Gasteiger partial charge in [0.2, 0.25) is 5.91 Å². The van der Waals surface area contributed by atoms with Crippen molar-refractivity contribution in [1.29, 1.82) is 0 Å². The van der Waals surface area contributed by atoms with Crippen LogP contribution >= 0.6 is 34.7 Å². The molecule has 0 radical (unpaired) electrons. The lowest BCUT2D eigenvalue weighted by atomic mass is 10.0. The number of amides is 1. The molecule has 2 aromatic heterocycles. The van der Waals surface area contributed by atoms with Crippen molar-refractivity contribution >= 4 is 45.7 Å². The number of allylic oxidation sites excluding steroid dienone is 1. The lowest BCUT2D eigenvalue weighted by molar-refractivity contribution is -0.113. The largest absolute Gasteiger partial charge is 0.483 e. The van der Waals surface area contributed by atoms with Gasteiger partial charge in [-0.15, -0.1) is 28.1 Å². The second-order valence-corrected chi connectivity index (χ2v) is 10.8. The maximum atomic E-state index is 12.6. The monoisotopic (exact) mass is 553 g/mol. The summed E-state index contributed by atoms with van der Waals surface area (Å²) in [6.45, 7) is 10.6. The number of ether oxygens (including phenoxy) is 1. The van der Waals surface area contributed by atoms with Gasteiger partial charge >= 0.3 is 0 Å². The number of nitrogens with zero attached hydrogens (tertiary/aromatic N) is 4. The van der Waals surface area contributed by atoms with E-state index in [2.05, 4.69) is 53.1 Å². The number of nitrogens with one attached hydrogen (secondary N) is 1. The summed E-state index contributed by atoms with van der Waals surface area (Å²) in [6.07, 6.45) is 1.44. The average Bonchev–Trinajstić information content (AvgIpc) is 3.51. The SMILES string of the molecule is C=CCn1c(SCC(=O)Nc2nc(-c3ccc(Cl)cc3)cs2)nnc1C(C)Oc1ccc(C(C)C)cc1. The zero-order chi connectivity index (χ0) is 26.4. The minimum Gasteiger partial charge on any atom is -0.483 e. The minimum atomic E-state index is -0.331. The Morgan fingerprint density at radius 1 is 1.16 bits per heavy atom. The number of halogens is 1. The molecule has 37 heavy (non-hydrogen) atoms. The standard InChI is InChI=1S/C27H28ClN5O2S2/c1-5-14-33-25(18(4)35-22-12-8-19(9-13-22)17(2)3)31-32-27(33)37-16-24(34)30-26-29-23(15-36-26)20-6-10-21(28)11-7-20/h5-13,15,17-18H,1,14,16H2,2-4H3,(H,29,30,34). The highest BCUT2D eigenvalue weighted by Gasteiger charge is 2.20. The molecule has 0 spiro atoms. The Labute approximate surface area is 230 Å². The zero-order valence-electron chi connectivity index (χ0n) is 20.8. The van der Waals surface area contributed by atoms with Gasteiger partial charge in [-0.2, -0.15) is 0 Å². The highest BCUT2D eigenvalue weighted by Crippen LogP contribution is 2.28. The van der Waals surface area contributed by atoms with Crippen LogP contribution in [0.3, 0.4) is 0 Å². The molecule has 0 saturated carbocycles. The first-order valence-electron chi connectivity index (χ1n) is 11.8. The minimum absolute atomic E-state index is 0.164. The molecule has 7 nitrogen and oxygen atoms in total. The summed E-state index contributed by atoms with van der Waals surface area (Å²) in [7, 11) is 0. The molecule has 0 saturated heterocycles. The van der Waals surface area contributed by atoms with E-state index in [1.54, 1.807) is 6.08 Å². The van der Waals surface area contributed by atoms with Crippen molar-refractivity contribution in [2.75, 3.05) is 11.1 Å². The number of hydrogen-bond acceptors (Lipinski definition) is 7. The summed E-state index contributed by atoms with van der Waals surface area (Å²) in [5.41, 5.74) is 2.98. The van der Waals surface area contributed by atoms with E-state index in [-0.39, 0.29) is 17.8 Å². The van der Waals surface area contributed by atoms with Crippen molar-refractivity contribution in [2.24, 2.45) is 0 Å². The number of rotatable bonds is 11. The number of thioether (sulfide) groups is 1. The maximum Gasteiger partial charge on any atom is 0.236 e. The Bertz CT molecular complexity index is 1350. The second kappa shape index (κ2) is 12.4. The van der Waals surface area contributed by atoms with E-state index in [9.17, 15) is 4.79 Å². The van der Waals surface area contributed by atoms with Gasteiger partial charge in [0.25, 0.3) is 0 Å². The molecule has 0 aliphatic carbocycles. The number of hydrogen-bond donors (Lipinski definition) is 1. The molecule has 0 bridgehead atoms. The molecule has 1 N–H and O–H groups in total. The Morgan fingerprint density at radius 2 is 1.89 bits per heavy atom. The van der Waals surface area contributed by atoms with Crippen molar-refractivity contribution in [1.82, 2.24) is 19.7 Å². The smallest absolute Gasteiger partial charge is 0.236 e. The lowest BCUT2D eigenvalue weighted by Crippen LogP contribution is -2.15. The molecule has 1 amide bonds. The van der Waals surface area contributed by atoms with Gasteiger partial charge < -0.3 is 10.1 Å². The van der Waals surface area contributed by atoms with Crippen LogP contribution in [0.15, 0.2) is 71.7 Å². The van der Waals surface area contributed by atoms with Crippen molar-refractivity contribution in [2.45, 2.75) is 44.5 Å². The summed E-state index contributed by atoms with van der Waals surface area (Å²) in [6, 6.07) is 15.5. The fourth-order valence-corrected chi connectivity index (χ4v) is 5.18. The number of carbonyl (C=O) groups is 1. The van der Waals surface area contributed by atoms with Gasteiger partial charge in [-0.1, -0.05) is 67.6 Å². The van der Waals surface area contributed by atoms with Crippen LogP contribution in [-0.2, 0) is 11.3 Å². The third-order valence-electron chi connectivity index (χ3n) is 5.50. The number of carbonyl (C=O) groups excluding carboxylic acids is 1. The number of aromatic nitrogens is 4. The number of benzene rings is 2. The number of anilines is 1. The molecule has 1 atom stereocenters. The first-order valence-corrected chi connectivity index (χ1v) is 14.0. The van der Waals surface area contributed by atoms with Gasteiger partial charge in [0.1, 0.15) is 5.75 Å². The summed E-state index contributed by atoms with van der Waals surface area (Å²) < 4.78 is 8.04. The third-order valence-corrected chi connectivity index (χ3v) is 7.48. The highest BCUT2D eigenvalue weighted by atomic mass is 35.5. The fourth-order valence-electron chi connectivity index (χ4n) is 3.57. The Hall–Kier alpha value is -3.14. The summed E-state index contributed by atoms with van der Waals surface area (Å²) in [5.74, 6) is 1.88. The quantitative estimate of drug-likeness (QED) is 0.156. The molecular formula is C27H28ClN5O2S2. The van der Waals surface area contributed by atoms with Crippen molar-refractivity contribution in [3.8, 4) is 17.0 Å². The van der Waals surface area contributed by atoms with Crippen molar-refractivity contribution in [3.05, 3.63) is 83.0 Å². The maximum absolute atomic E-state index is 12.6. The van der Waals surface area contributed by atoms with Gasteiger partial charge in [0.15, 0.2) is 22.2 Å². The normalized spacial score (nSPS) is 11.9. The van der Waals surface area contributed by atoms with E-state index >= 15 is 0 Å². The van der Waals surface area contributed by atoms with Gasteiger partial charge in [-0.25, -0.2) is 4.98 Å². The van der Waals surface area contributed by atoms with E-state index in [1.807, 2.05) is 53.3 Å². The van der Waals surface area contributed by atoms with Gasteiger partial charge in [0.05, 0.1) is 11.4 Å². The second-order valence-electron chi connectivity index (χ2n) is 8.61. The summed E-state index contributed by atoms with van der Waals surface area (Å²) >= 11 is 8.64. The van der Waals surface area contributed by atoms with Crippen molar-refractivity contribution in [3.63, 3.8) is 0 Å². The van der Waals surface area contributed by atoms with E-state index in [1.165, 1.54) is 28.7 Å². The first kappa shape index (κ1) is 26.9. The van der Waals surface area contributed by atoms with Crippen LogP contribution in [0, 0.1) is 0 Å². The molecular weight excluding hydrogens is 526 g/mol. The average molecular weight is 554 g/mol. The van der Waals surface area contributed by atoms with Gasteiger partial charge in [-0.3, -0.25) is 9.36 Å². The van der Waals surface area contributed by atoms with Crippen LogP contribution < -0.4 is 10.1 Å². The fraction of sp³-hybridized carbons (Fsp3) is 0.259. The zero-order valence-corrected chi connectivity index (χ0v) is 23.2. The molecule has 0 aliphatic heterocycles. The molecule has 10 heteroatoms. The van der Waals surface area contributed by atoms with Crippen LogP contribution in [0.2, 0.25) is 5.02 Å². The predicted octanol–water partition coefficient (Wildman–Crippen LogP) is 7.24. The molecule has 2 aromatic carbocycles. The molecule has 4 rings (SSSR count). The van der Waals surface area contributed by atoms with Crippen LogP contribution in [-0.4, -0.2) is 31.4 Å². The van der Waals surface area contributed by atoms with Crippen LogP contribution in [0.4, 0.5) is 5.13 Å². The predicted molar refractivity (Wildman–Crippen MR) is 152 cm³/mol. The Kier molecular flexibility index (Phi) is 9.02. The van der Waals surface area contributed by atoms with E-state index in [0.717, 1.165) is 17.0 Å². The van der Waals surface area contributed by atoms with Crippen LogP contribution in [0.25, 0.3) is 11.3 Å². The first-order chi connectivity index (χ1) is 17.8. The van der Waals surface area contributed by atoms with Crippen molar-refractivity contribution < 1.29 is 9.53 Å². The Morgan fingerprint density at radius 3 is 2.57 bits per heavy atom. The lowest BCUT2D eigenvalue weighted by Gasteiger charge is -2.16. The Balaban J connectivity index is 1.37. The van der Waals surface area contributed by atoms with Crippen LogP contribution in [0.5, 0.6) is 5.75 Å². The summed E-state index contributed by atoms with van der Waals surface area (Å²) in [5, 5.41) is 15.2. The highest BCUT2D eigenvalue weighted by molar-refractivity contribution is 7.99. The molecule has 192 valence electrons. The van der Waals surface area contributed by atoms with Gasteiger partial charge in [-0.05, 0) is 42.7 Å². The van der Waals surface area contributed by atoms with E-state index in [4.69, 9.17) is 16.3 Å². The number of thiazole rings is 1.